The predicted octanol–water partition coefficient (Wildman–Crippen LogP) is 6.62. The number of carbonyl (C=O) groups is 1. The van der Waals surface area contributed by atoms with Crippen LogP contribution in [0.15, 0.2) is 60.7 Å². The molecule has 0 aromatic heterocycles. The highest BCUT2D eigenvalue weighted by atomic mass is 16.1. The SMILES string of the molecule is CC(C)(C)c1ccc2c(C(=O)c3ccccc3)cc(C(C)(C)C)c-2cc1. The summed E-state index contributed by atoms with van der Waals surface area (Å²) in [5, 5.41) is 0. The summed E-state index contributed by atoms with van der Waals surface area (Å²) >= 11 is 0. The fraction of sp³-hybridized carbons (Fsp3) is 0.320. The van der Waals surface area contributed by atoms with Crippen LogP contribution in [-0.4, -0.2) is 5.78 Å². The van der Waals surface area contributed by atoms with E-state index in [1.54, 1.807) is 0 Å². The number of fused-ring (bicyclic) bond motifs is 1. The monoisotopic (exact) mass is 344 g/mol. The van der Waals surface area contributed by atoms with Gasteiger partial charge in [-0.2, -0.15) is 0 Å². The number of carbonyl (C=O) groups excluding carboxylic acids is 1. The first-order valence-electron chi connectivity index (χ1n) is 9.26. The summed E-state index contributed by atoms with van der Waals surface area (Å²) in [6.45, 7) is 13.3. The van der Waals surface area contributed by atoms with Crippen molar-refractivity contribution in [1.29, 1.82) is 0 Å². The molecule has 134 valence electrons. The van der Waals surface area contributed by atoms with Crippen molar-refractivity contribution in [2.75, 3.05) is 0 Å². The molecule has 0 saturated carbocycles. The van der Waals surface area contributed by atoms with Crippen LogP contribution in [0.25, 0.3) is 11.1 Å². The molecule has 0 spiro atoms. The molecule has 0 saturated heterocycles. The van der Waals surface area contributed by atoms with Crippen molar-refractivity contribution >= 4 is 5.78 Å². The van der Waals surface area contributed by atoms with Crippen molar-refractivity contribution < 1.29 is 4.79 Å². The number of benzene rings is 1. The van der Waals surface area contributed by atoms with E-state index in [4.69, 9.17) is 0 Å². The fourth-order valence-electron chi connectivity index (χ4n) is 3.40. The molecule has 0 aliphatic heterocycles. The van der Waals surface area contributed by atoms with Crippen molar-refractivity contribution in [3.05, 3.63) is 82.9 Å². The second-order valence-electron chi connectivity index (χ2n) is 9.12. The van der Waals surface area contributed by atoms with Crippen LogP contribution in [0.5, 0.6) is 0 Å². The van der Waals surface area contributed by atoms with Crippen LogP contribution in [0.2, 0.25) is 0 Å². The van der Waals surface area contributed by atoms with Crippen LogP contribution in [-0.2, 0) is 10.8 Å². The van der Waals surface area contributed by atoms with Gasteiger partial charge in [0.05, 0.1) is 0 Å². The van der Waals surface area contributed by atoms with Gasteiger partial charge in [-0.15, -0.1) is 0 Å². The van der Waals surface area contributed by atoms with E-state index in [2.05, 4.69) is 71.9 Å². The highest BCUT2D eigenvalue weighted by Crippen LogP contribution is 2.40. The maximum absolute atomic E-state index is 13.2. The van der Waals surface area contributed by atoms with Gasteiger partial charge in [-0.05, 0) is 39.2 Å². The molecule has 1 aromatic rings. The number of hydrogen-bond donors (Lipinski definition) is 0. The van der Waals surface area contributed by atoms with Crippen LogP contribution in [0.1, 0.15) is 68.6 Å². The van der Waals surface area contributed by atoms with Crippen molar-refractivity contribution in [3.63, 3.8) is 0 Å². The van der Waals surface area contributed by atoms with E-state index in [-0.39, 0.29) is 16.6 Å². The number of hydrogen-bond acceptors (Lipinski definition) is 1. The van der Waals surface area contributed by atoms with Gasteiger partial charge < -0.3 is 0 Å². The minimum absolute atomic E-state index is 0.0241. The molecule has 1 heteroatoms. The molecule has 1 nitrogen and oxygen atoms in total. The largest absolute Gasteiger partial charge is 0.289 e. The molecule has 0 amide bonds. The Morgan fingerprint density at radius 3 is 1.81 bits per heavy atom. The van der Waals surface area contributed by atoms with E-state index in [1.165, 1.54) is 16.7 Å². The zero-order valence-corrected chi connectivity index (χ0v) is 16.7. The Hall–Kier alpha value is -2.41. The van der Waals surface area contributed by atoms with Gasteiger partial charge in [-0.25, -0.2) is 0 Å². The lowest BCUT2D eigenvalue weighted by Crippen LogP contribution is -2.10. The van der Waals surface area contributed by atoms with Gasteiger partial charge in [0.1, 0.15) is 0 Å². The highest BCUT2D eigenvalue weighted by Gasteiger charge is 2.27. The summed E-state index contributed by atoms with van der Waals surface area (Å²) in [7, 11) is 0. The lowest BCUT2D eigenvalue weighted by Gasteiger charge is -2.19. The summed E-state index contributed by atoms with van der Waals surface area (Å²) in [5.74, 6) is 0.0922. The minimum atomic E-state index is -0.0241. The highest BCUT2D eigenvalue weighted by molar-refractivity contribution is 6.14. The molecule has 26 heavy (non-hydrogen) atoms. The molecule has 0 unspecified atom stereocenters. The quantitative estimate of drug-likeness (QED) is 0.478. The molecule has 1 aromatic carbocycles. The van der Waals surface area contributed by atoms with Crippen LogP contribution in [0.4, 0.5) is 0 Å². The average Bonchev–Trinajstić information content (AvgIpc) is 2.78. The Morgan fingerprint density at radius 2 is 1.27 bits per heavy atom. The molecule has 2 aliphatic carbocycles. The summed E-state index contributed by atoms with van der Waals surface area (Å²) in [5.41, 5.74) is 6.29. The lowest BCUT2D eigenvalue weighted by atomic mass is 9.85. The van der Waals surface area contributed by atoms with Gasteiger partial charge in [0, 0.05) is 11.1 Å². The van der Waals surface area contributed by atoms with Crippen LogP contribution in [0.3, 0.4) is 0 Å². The fourth-order valence-corrected chi connectivity index (χ4v) is 3.40. The number of rotatable bonds is 2. The molecular weight excluding hydrogens is 316 g/mol. The zero-order chi connectivity index (χ0) is 19.1. The van der Waals surface area contributed by atoms with E-state index in [0.717, 1.165) is 16.7 Å². The molecule has 0 N–H and O–H groups in total. The summed E-state index contributed by atoms with van der Waals surface area (Å²) in [6.07, 6.45) is 0. The molecule has 2 aliphatic rings. The van der Waals surface area contributed by atoms with Crippen molar-refractivity contribution in [2.45, 2.75) is 52.4 Å². The Kier molecular flexibility index (Phi) is 4.52. The standard InChI is InChI=1S/C25H28O/c1-24(2,3)18-12-14-19-20(15-13-18)22(25(4,5)6)16-21(19)23(26)17-10-8-7-9-11-17/h7-16H,1-6H3. The molecule has 0 heterocycles. The van der Waals surface area contributed by atoms with E-state index in [0.29, 0.717) is 0 Å². The Morgan fingerprint density at radius 1 is 0.692 bits per heavy atom. The third-order valence-corrected chi connectivity index (χ3v) is 4.97. The van der Waals surface area contributed by atoms with E-state index in [9.17, 15) is 4.79 Å². The second-order valence-corrected chi connectivity index (χ2v) is 9.12. The molecule has 0 atom stereocenters. The number of ketones is 1. The molecular formula is C25H28O. The normalized spacial score (nSPS) is 12.4. The molecule has 0 radical (unpaired) electrons. The maximum atomic E-state index is 13.2. The Balaban J connectivity index is 2.25. The predicted molar refractivity (Wildman–Crippen MR) is 110 cm³/mol. The summed E-state index contributed by atoms with van der Waals surface area (Å²) in [4.78, 5) is 13.2. The first-order valence-corrected chi connectivity index (χ1v) is 9.26. The third kappa shape index (κ3) is 3.44. The van der Waals surface area contributed by atoms with Crippen LogP contribution < -0.4 is 0 Å². The Labute approximate surface area is 157 Å². The van der Waals surface area contributed by atoms with E-state index >= 15 is 0 Å². The van der Waals surface area contributed by atoms with E-state index in [1.807, 2.05) is 30.3 Å². The Bertz CT molecular complexity index is 905. The van der Waals surface area contributed by atoms with Gasteiger partial charge in [0.25, 0.3) is 0 Å². The maximum Gasteiger partial charge on any atom is 0.193 e. The molecule has 0 bridgehead atoms. The van der Waals surface area contributed by atoms with Gasteiger partial charge in [-0.3, -0.25) is 4.79 Å². The van der Waals surface area contributed by atoms with Crippen LogP contribution >= 0.6 is 0 Å². The van der Waals surface area contributed by atoms with Gasteiger partial charge in [0.15, 0.2) is 5.78 Å². The van der Waals surface area contributed by atoms with Gasteiger partial charge >= 0.3 is 0 Å². The van der Waals surface area contributed by atoms with E-state index < -0.39 is 0 Å². The van der Waals surface area contributed by atoms with Gasteiger partial charge in [-0.1, -0.05) is 96.1 Å². The first-order chi connectivity index (χ1) is 12.1. The summed E-state index contributed by atoms with van der Waals surface area (Å²) < 4.78 is 0. The summed E-state index contributed by atoms with van der Waals surface area (Å²) in [6, 6.07) is 20.3. The second kappa shape index (κ2) is 6.39. The minimum Gasteiger partial charge on any atom is -0.289 e. The van der Waals surface area contributed by atoms with Gasteiger partial charge in [0.2, 0.25) is 0 Å². The smallest absolute Gasteiger partial charge is 0.193 e. The van der Waals surface area contributed by atoms with Crippen molar-refractivity contribution in [2.24, 2.45) is 0 Å². The third-order valence-electron chi connectivity index (χ3n) is 4.97. The van der Waals surface area contributed by atoms with Crippen molar-refractivity contribution in [3.8, 4) is 11.1 Å². The zero-order valence-electron chi connectivity index (χ0n) is 16.7. The molecule has 3 rings (SSSR count). The van der Waals surface area contributed by atoms with Crippen molar-refractivity contribution in [1.82, 2.24) is 0 Å². The first kappa shape index (κ1) is 18.4. The molecule has 0 fully saturated rings. The van der Waals surface area contributed by atoms with Crippen LogP contribution in [0, 0.1) is 0 Å². The average molecular weight is 344 g/mol. The lowest BCUT2D eigenvalue weighted by molar-refractivity contribution is 0.103. The topological polar surface area (TPSA) is 17.1 Å².